The van der Waals surface area contributed by atoms with Crippen LogP contribution < -0.4 is 15.4 Å². The number of halogens is 1. The Morgan fingerprint density at radius 3 is 2.62 bits per heavy atom. The van der Waals surface area contributed by atoms with Crippen LogP contribution in [0.1, 0.15) is 79.7 Å². The maximum absolute atomic E-state index is 13.5. The van der Waals surface area contributed by atoms with Crippen LogP contribution in [0.15, 0.2) is 53.3 Å². The molecule has 2 aromatic heterocycles. The molecule has 3 aromatic rings. The summed E-state index contributed by atoms with van der Waals surface area (Å²) >= 11 is 0. The molecule has 1 saturated carbocycles. The molecular formula is C30H37FN4O4. The van der Waals surface area contributed by atoms with Gasteiger partial charge in [0, 0.05) is 36.8 Å². The fourth-order valence-corrected chi connectivity index (χ4v) is 5.48. The summed E-state index contributed by atoms with van der Waals surface area (Å²) < 4.78 is 24.9. The van der Waals surface area contributed by atoms with E-state index in [9.17, 15) is 14.3 Å². The third-order valence-corrected chi connectivity index (χ3v) is 7.58. The number of nitrogens with zero attached hydrogens (tertiary/aromatic N) is 2. The monoisotopic (exact) mass is 536 g/mol. The van der Waals surface area contributed by atoms with Gasteiger partial charge in [0.15, 0.2) is 0 Å². The van der Waals surface area contributed by atoms with Gasteiger partial charge in [0.25, 0.3) is 5.91 Å². The average Bonchev–Trinajstić information content (AvgIpc) is 3.41. The number of pyridine rings is 1. The molecule has 1 aromatic carbocycles. The third kappa shape index (κ3) is 6.65. The van der Waals surface area contributed by atoms with Gasteiger partial charge >= 0.3 is 0 Å². The van der Waals surface area contributed by atoms with Crippen molar-refractivity contribution >= 4 is 5.91 Å². The van der Waals surface area contributed by atoms with Crippen LogP contribution in [0.5, 0.6) is 5.88 Å². The summed E-state index contributed by atoms with van der Waals surface area (Å²) in [5.74, 6) is -0.0978. The van der Waals surface area contributed by atoms with Gasteiger partial charge in [0.05, 0.1) is 18.3 Å². The largest absolute Gasteiger partial charge is 0.471 e. The molecule has 1 aliphatic heterocycles. The lowest BCUT2D eigenvalue weighted by molar-refractivity contribution is -0.0421. The number of hydrogen-bond donors (Lipinski definition) is 3. The van der Waals surface area contributed by atoms with Crippen LogP contribution >= 0.6 is 0 Å². The Kier molecular flexibility index (Phi) is 7.73. The average molecular weight is 537 g/mol. The van der Waals surface area contributed by atoms with Crippen LogP contribution in [0.2, 0.25) is 0 Å². The number of hydrogen-bond acceptors (Lipinski definition) is 7. The highest BCUT2D eigenvalue weighted by molar-refractivity contribution is 5.91. The van der Waals surface area contributed by atoms with E-state index >= 15 is 0 Å². The Bertz CT molecular complexity index is 1270. The second-order valence-corrected chi connectivity index (χ2v) is 12.1. The number of aliphatic hydroxyl groups excluding tert-OH is 1. The predicted octanol–water partition coefficient (Wildman–Crippen LogP) is 4.54. The van der Waals surface area contributed by atoms with E-state index in [0.29, 0.717) is 12.3 Å². The lowest BCUT2D eigenvalue weighted by atomic mass is 9.73. The summed E-state index contributed by atoms with van der Waals surface area (Å²) in [6.45, 7) is 6.83. The van der Waals surface area contributed by atoms with Gasteiger partial charge in [-0.15, -0.1) is 0 Å². The molecule has 3 heterocycles. The Hall–Kier alpha value is -3.30. The van der Waals surface area contributed by atoms with E-state index in [1.54, 1.807) is 12.1 Å². The minimum atomic E-state index is -0.934. The van der Waals surface area contributed by atoms with Crippen molar-refractivity contribution in [2.24, 2.45) is 5.41 Å². The van der Waals surface area contributed by atoms with Gasteiger partial charge < -0.3 is 25.0 Å². The number of benzene rings is 1. The third-order valence-electron chi connectivity index (χ3n) is 7.58. The van der Waals surface area contributed by atoms with E-state index in [1.807, 2.05) is 6.20 Å². The summed E-state index contributed by atoms with van der Waals surface area (Å²) in [7, 11) is 0. The van der Waals surface area contributed by atoms with Crippen LogP contribution in [0.4, 0.5) is 4.39 Å². The molecule has 3 atom stereocenters. The number of aliphatic hydroxyl groups is 1. The van der Waals surface area contributed by atoms with Crippen molar-refractivity contribution in [3.05, 3.63) is 77.1 Å². The van der Waals surface area contributed by atoms with Crippen molar-refractivity contribution in [2.75, 3.05) is 6.54 Å². The zero-order chi connectivity index (χ0) is 27.6. The summed E-state index contributed by atoms with van der Waals surface area (Å²) in [5.41, 5.74) is 2.84. The fraction of sp³-hybridized carbons (Fsp3) is 0.500. The van der Waals surface area contributed by atoms with E-state index in [2.05, 4.69) is 42.6 Å². The maximum atomic E-state index is 13.5. The Morgan fingerprint density at radius 2 is 1.97 bits per heavy atom. The number of nitrogens with one attached hydrogen (secondary N) is 2. The lowest BCUT2D eigenvalue weighted by Gasteiger charge is -2.47. The minimum absolute atomic E-state index is 0.0486. The first-order valence-electron chi connectivity index (χ1n) is 13.6. The van der Waals surface area contributed by atoms with Crippen molar-refractivity contribution in [3.8, 4) is 5.88 Å². The van der Waals surface area contributed by atoms with E-state index in [0.717, 1.165) is 48.8 Å². The van der Waals surface area contributed by atoms with Gasteiger partial charge in [-0.05, 0) is 66.8 Å². The second-order valence-electron chi connectivity index (χ2n) is 12.1. The Balaban J connectivity index is 1.33. The van der Waals surface area contributed by atoms with Crippen molar-refractivity contribution in [1.82, 2.24) is 20.8 Å². The van der Waals surface area contributed by atoms with Crippen molar-refractivity contribution in [2.45, 2.75) is 83.1 Å². The van der Waals surface area contributed by atoms with Crippen LogP contribution in [0, 0.1) is 11.2 Å². The quantitative estimate of drug-likeness (QED) is 0.369. The van der Waals surface area contributed by atoms with E-state index < -0.39 is 18.1 Å². The van der Waals surface area contributed by atoms with Crippen LogP contribution in [-0.2, 0) is 12.8 Å². The molecule has 3 N–H and O–H groups in total. The molecule has 39 heavy (non-hydrogen) atoms. The first-order valence-corrected chi connectivity index (χ1v) is 13.6. The second kappa shape index (κ2) is 11.1. The van der Waals surface area contributed by atoms with Gasteiger partial charge in [-0.3, -0.25) is 4.79 Å². The molecule has 9 heteroatoms. The van der Waals surface area contributed by atoms with Gasteiger partial charge in [-0.1, -0.05) is 38.1 Å². The minimum Gasteiger partial charge on any atom is -0.471 e. The highest BCUT2D eigenvalue weighted by Crippen LogP contribution is 2.48. The topological polar surface area (TPSA) is 110 Å². The lowest BCUT2D eigenvalue weighted by Crippen LogP contribution is -2.52. The number of rotatable bonds is 9. The molecule has 0 unspecified atom stereocenters. The fourth-order valence-electron chi connectivity index (χ4n) is 5.48. The smallest absolute Gasteiger partial charge is 0.290 e. The number of carbonyl (C=O) groups is 1. The highest BCUT2D eigenvalue weighted by atomic mass is 19.1. The number of fused-ring (bicyclic) bond motifs is 1. The van der Waals surface area contributed by atoms with Gasteiger partial charge in [-0.2, -0.15) is 0 Å². The number of aromatic nitrogens is 2. The molecule has 1 spiro atoms. The molecule has 1 fully saturated rings. The van der Waals surface area contributed by atoms with Crippen LogP contribution in [0.3, 0.4) is 0 Å². The standard InChI is InChI=1S/C30H37FN4O4/c1-29(2,3)15-20-13-22-24(16-30(10-4-11-30)38-28(22)33-17-20)32-18-25(36)23(14-19-5-7-21(31)8-6-19)35-27(37)26-9-12-34-39-26/h5-9,12-13,17,23-25,32,36H,4,10-11,14-16,18H2,1-3H3,(H,35,37)/t23-,24-,25+/m0/s1. The first kappa shape index (κ1) is 27.3. The van der Waals surface area contributed by atoms with Gasteiger partial charge in [-0.25, -0.2) is 9.37 Å². The summed E-state index contributed by atoms with van der Waals surface area (Å²) in [6.07, 6.45) is 7.46. The zero-order valence-corrected chi connectivity index (χ0v) is 22.7. The highest BCUT2D eigenvalue weighted by Gasteiger charge is 2.46. The van der Waals surface area contributed by atoms with Gasteiger partial charge in [0.1, 0.15) is 11.4 Å². The molecule has 208 valence electrons. The first-order chi connectivity index (χ1) is 18.6. The molecule has 0 saturated heterocycles. The summed E-state index contributed by atoms with van der Waals surface area (Å²) in [6, 6.07) is 8.98. The van der Waals surface area contributed by atoms with E-state index in [1.165, 1.54) is 24.4 Å². The number of ether oxygens (including phenoxy) is 1. The molecule has 5 rings (SSSR count). The molecule has 1 aliphatic carbocycles. The maximum Gasteiger partial charge on any atom is 0.290 e. The molecule has 2 aliphatic rings. The van der Waals surface area contributed by atoms with Crippen LogP contribution in [0.25, 0.3) is 0 Å². The van der Waals surface area contributed by atoms with E-state index in [-0.39, 0.29) is 35.2 Å². The van der Waals surface area contributed by atoms with Crippen LogP contribution in [-0.4, -0.2) is 45.4 Å². The molecule has 0 radical (unpaired) electrons. The van der Waals surface area contributed by atoms with Crippen molar-refractivity contribution < 1.29 is 23.6 Å². The van der Waals surface area contributed by atoms with E-state index in [4.69, 9.17) is 14.2 Å². The van der Waals surface area contributed by atoms with Gasteiger partial charge in [0.2, 0.25) is 11.6 Å². The number of amides is 1. The summed E-state index contributed by atoms with van der Waals surface area (Å²) in [5, 5.41) is 21.3. The van der Waals surface area contributed by atoms with Crippen molar-refractivity contribution in [3.63, 3.8) is 0 Å². The summed E-state index contributed by atoms with van der Waals surface area (Å²) in [4.78, 5) is 17.5. The SMILES string of the molecule is CC(C)(C)Cc1cnc2c(c1)[C@@H](NC[C@@H](O)[C@H](Cc1ccc(F)cc1)NC(=O)c1ccno1)CC1(CCC1)O2. The number of carbonyl (C=O) groups excluding carboxylic acids is 1. The molecule has 0 bridgehead atoms. The molecule has 8 nitrogen and oxygen atoms in total. The van der Waals surface area contributed by atoms with Crippen molar-refractivity contribution in [1.29, 1.82) is 0 Å². The molecule has 1 amide bonds. The Morgan fingerprint density at radius 1 is 1.21 bits per heavy atom. The molecular weight excluding hydrogens is 499 g/mol. The normalized spacial score (nSPS) is 19.5. The zero-order valence-electron chi connectivity index (χ0n) is 22.7. The Labute approximate surface area is 228 Å². The predicted molar refractivity (Wildman–Crippen MR) is 144 cm³/mol.